The van der Waals surface area contributed by atoms with Crippen LogP contribution >= 0.6 is 0 Å². The molecular formula is C27H30O15. The van der Waals surface area contributed by atoms with Crippen molar-refractivity contribution in [3.05, 3.63) is 47.2 Å². The van der Waals surface area contributed by atoms with Crippen molar-refractivity contribution in [3.63, 3.8) is 0 Å². The highest BCUT2D eigenvalue weighted by Crippen LogP contribution is 2.63. The highest BCUT2D eigenvalue weighted by Gasteiger charge is 2.78. The highest BCUT2D eigenvalue weighted by atomic mass is 16.8. The van der Waals surface area contributed by atoms with Crippen LogP contribution < -0.4 is 4.74 Å². The molecule has 1 spiro atoms. The zero-order valence-electron chi connectivity index (χ0n) is 22.3. The molecule has 1 aromatic carbocycles. The minimum Gasteiger partial charge on any atom is -0.504 e. The first-order valence-corrected chi connectivity index (χ1v) is 13.1. The Balaban J connectivity index is 1.37. The van der Waals surface area contributed by atoms with E-state index >= 15 is 0 Å². The Morgan fingerprint density at radius 2 is 1.86 bits per heavy atom. The van der Waals surface area contributed by atoms with Crippen molar-refractivity contribution in [2.24, 2.45) is 11.8 Å². The topological polar surface area (TPSA) is 223 Å². The highest BCUT2D eigenvalue weighted by molar-refractivity contribution is 5.94. The van der Waals surface area contributed by atoms with Crippen LogP contribution in [0.1, 0.15) is 11.7 Å². The SMILES string of the molecule is COC(=O)C1=CO[C@@H](O[C@H]2O[C@@H](CO)[C@H](O)[C@@H](O)[C@@H]2O)[C@H]2[C@@H]1[C@@H]1O[C@@H]1[C@@]21C=C([C@H](O)c2ccc(O)c(OC)c2)C(=O)O1. The van der Waals surface area contributed by atoms with E-state index in [1.165, 1.54) is 38.5 Å². The van der Waals surface area contributed by atoms with Gasteiger partial charge in [0.25, 0.3) is 0 Å². The van der Waals surface area contributed by atoms with Gasteiger partial charge in [0.1, 0.15) is 36.6 Å². The van der Waals surface area contributed by atoms with Crippen LogP contribution in [0.25, 0.3) is 0 Å². The van der Waals surface area contributed by atoms with Gasteiger partial charge in [-0.1, -0.05) is 6.07 Å². The molecule has 15 heteroatoms. The molecule has 6 N–H and O–H groups in total. The van der Waals surface area contributed by atoms with E-state index in [2.05, 4.69) is 0 Å². The maximum atomic E-state index is 13.3. The standard InChI is InChI=1S/C27H30O15/c1-36-13-5-9(3-4-12(13)29)17(30)10-6-27(42-24(10)35)16-15(21-22(27)40-21)11(23(34)37-2)8-38-25(16)41-26-20(33)19(32)18(31)14(7-28)39-26/h3-6,8,14-22,25-26,28-33H,7H2,1-2H3/t14-,15+,16+,17+,18-,19+,20-,21-,22-,25-,26+,27+/m0/s1. The molecule has 4 aliphatic heterocycles. The fourth-order valence-corrected chi connectivity index (χ4v) is 6.31. The summed E-state index contributed by atoms with van der Waals surface area (Å²) in [6, 6.07) is 4.06. The van der Waals surface area contributed by atoms with E-state index in [-0.39, 0.29) is 28.2 Å². The third-order valence-corrected chi connectivity index (χ3v) is 8.45. The van der Waals surface area contributed by atoms with Crippen molar-refractivity contribution < 1.29 is 73.4 Å². The molecule has 15 nitrogen and oxygen atoms in total. The summed E-state index contributed by atoms with van der Waals surface area (Å²) in [5, 5.41) is 61.6. The van der Waals surface area contributed by atoms with Crippen molar-refractivity contribution >= 4 is 11.9 Å². The van der Waals surface area contributed by atoms with E-state index in [0.717, 1.165) is 6.26 Å². The summed E-state index contributed by atoms with van der Waals surface area (Å²) in [5.41, 5.74) is -1.48. The third kappa shape index (κ3) is 4.27. The maximum absolute atomic E-state index is 13.3. The number of benzene rings is 1. The molecule has 12 atom stereocenters. The average molecular weight is 595 g/mol. The van der Waals surface area contributed by atoms with Gasteiger partial charge in [-0.15, -0.1) is 0 Å². The number of rotatable bonds is 7. The third-order valence-electron chi connectivity index (χ3n) is 8.45. The molecule has 1 aromatic rings. The van der Waals surface area contributed by atoms with Gasteiger partial charge in [-0.05, 0) is 23.8 Å². The number of aliphatic hydroxyl groups is 5. The van der Waals surface area contributed by atoms with Gasteiger partial charge in [0.2, 0.25) is 6.29 Å². The number of phenols is 1. The molecule has 2 saturated heterocycles. The number of fused-ring (bicyclic) bond motifs is 5. The van der Waals surface area contributed by atoms with Crippen LogP contribution in [0.15, 0.2) is 41.7 Å². The lowest BCUT2D eigenvalue weighted by molar-refractivity contribution is -0.347. The second-order valence-electron chi connectivity index (χ2n) is 10.7. The van der Waals surface area contributed by atoms with E-state index < -0.39 is 91.3 Å². The predicted octanol–water partition coefficient (Wildman–Crippen LogP) is -2.10. The lowest BCUT2D eigenvalue weighted by Gasteiger charge is -2.45. The molecule has 1 aliphatic carbocycles. The fourth-order valence-electron chi connectivity index (χ4n) is 6.31. The zero-order chi connectivity index (χ0) is 30.1. The number of methoxy groups -OCH3 is 2. The quantitative estimate of drug-likeness (QED) is 0.147. The molecule has 0 unspecified atom stereocenters. The molecule has 1 saturated carbocycles. The molecule has 0 radical (unpaired) electrons. The fraction of sp³-hybridized carbons (Fsp3) is 0.556. The molecule has 42 heavy (non-hydrogen) atoms. The number of carbonyl (C=O) groups excluding carboxylic acids is 2. The molecule has 0 aromatic heterocycles. The lowest BCUT2D eigenvalue weighted by atomic mass is 9.78. The monoisotopic (exact) mass is 594 g/mol. The number of esters is 2. The van der Waals surface area contributed by atoms with E-state index in [4.69, 9.17) is 33.2 Å². The minimum atomic E-state index is -1.76. The van der Waals surface area contributed by atoms with Gasteiger partial charge in [0.15, 0.2) is 23.4 Å². The zero-order valence-corrected chi connectivity index (χ0v) is 22.3. The van der Waals surface area contributed by atoms with Crippen LogP contribution in [0, 0.1) is 11.8 Å². The largest absolute Gasteiger partial charge is 0.504 e. The van der Waals surface area contributed by atoms with Crippen molar-refractivity contribution in [2.45, 2.75) is 60.9 Å². The summed E-state index contributed by atoms with van der Waals surface area (Å²) < 4.78 is 38.9. The summed E-state index contributed by atoms with van der Waals surface area (Å²) in [5.74, 6) is -3.51. The summed E-state index contributed by atoms with van der Waals surface area (Å²) in [6.45, 7) is -0.694. The number of hydrogen-bond acceptors (Lipinski definition) is 15. The molecular weight excluding hydrogens is 564 g/mol. The summed E-state index contributed by atoms with van der Waals surface area (Å²) in [6.07, 6.45) is -9.79. The van der Waals surface area contributed by atoms with Crippen LogP contribution in [-0.4, -0.2) is 118 Å². The first-order chi connectivity index (χ1) is 20.1. The van der Waals surface area contributed by atoms with Gasteiger partial charge in [-0.25, -0.2) is 9.59 Å². The summed E-state index contributed by atoms with van der Waals surface area (Å²) in [4.78, 5) is 25.9. The molecule has 228 valence electrons. The minimum absolute atomic E-state index is 0.0706. The number of phenolic OH excluding ortho intramolecular Hbond substituents is 1. The van der Waals surface area contributed by atoms with Crippen molar-refractivity contribution in [1.82, 2.24) is 0 Å². The Kier molecular flexibility index (Phi) is 7.18. The second-order valence-corrected chi connectivity index (χ2v) is 10.7. The normalized spacial score (nSPS) is 40.7. The first kappa shape index (κ1) is 28.8. The van der Waals surface area contributed by atoms with Crippen LogP contribution in [-0.2, 0) is 38.0 Å². The number of aliphatic hydroxyl groups excluding tert-OH is 5. The number of ether oxygens (including phenoxy) is 7. The van der Waals surface area contributed by atoms with Crippen molar-refractivity contribution in [2.75, 3.05) is 20.8 Å². The number of hydrogen-bond donors (Lipinski definition) is 6. The van der Waals surface area contributed by atoms with Crippen molar-refractivity contribution in [1.29, 1.82) is 0 Å². The number of aromatic hydroxyl groups is 1. The Morgan fingerprint density at radius 1 is 1.10 bits per heavy atom. The summed E-state index contributed by atoms with van der Waals surface area (Å²) in [7, 11) is 2.51. The Morgan fingerprint density at radius 3 is 2.55 bits per heavy atom. The van der Waals surface area contributed by atoms with Gasteiger partial charge in [-0.3, -0.25) is 0 Å². The Labute approximate surface area is 238 Å². The summed E-state index contributed by atoms with van der Waals surface area (Å²) >= 11 is 0. The van der Waals surface area contributed by atoms with Crippen LogP contribution in [0.2, 0.25) is 0 Å². The average Bonchev–Trinajstić information content (AvgIpc) is 3.66. The van der Waals surface area contributed by atoms with Crippen LogP contribution in [0.5, 0.6) is 11.5 Å². The Bertz CT molecular complexity index is 1320. The van der Waals surface area contributed by atoms with E-state index in [0.29, 0.717) is 0 Å². The lowest BCUT2D eigenvalue weighted by Crippen LogP contribution is -2.61. The number of epoxide rings is 1. The van der Waals surface area contributed by atoms with Gasteiger partial charge in [0, 0.05) is 5.92 Å². The van der Waals surface area contributed by atoms with Gasteiger partial charge in [-0.2, -0.15) is 0 Å². The molecule has 0 amide bonds. The molecule has 0 bridgehead atoms. The molecule has 5 aliphatic rings. The first-order valence-electron chi connectivity index (χ1n) is 13.1. The predicted molar refractivity (Wildman–Crippen MR) is 132 cm³/mol. The van der Waals surface area contributed by atoms with Crippen molar-refractivity contribution in [3.8, 4) is 11.5 Å². The van der Waals surface area contributed by atoms with Gasteiger partial charge >= 0.3 is 11.9 Å². The van der Waals surface area contributed by atoms with Crippen LogP contribution in [0.3, 0.4) is 0 Å². The van der Waals surface area contributed by atoms with Gasteiger partial charge in [0.05, 0.1) is 50.3 Å². The molecule has 3 fully saturated rings. The molecule has 4 heterocycles. The van der Waals surface area contributed by atoms with E-state index in [9.17, 15) is 40.2 Å². The van der Waals surface area contributed by atoms with E-state index in [1.54, 1.807) is 0 Å². The van der Waals surface area contributed by atoms with E-state index in [1.807, 2.05) is 0 Å². The molecule has 6 rings (SSSR count). The van der Waals surface area contributed by atoms with Gasteiger partial charge < -0.3 is 63.8 Å². The second kappa shape index (κ2) is 10.5. The Hall–Kier alpha value is -3.28. The number of carbonyl (C=O) groups is 2. The van der Waals surface area contributed by atoms with Crippen LogP contribution in [0.4, 0.5) is 0 Å². The smallest absolute Gasteiger partial charge is 0.337 e. The maximum Gasteiger partial charge on any atom is 0.337 e.